The Morgan fingerprint density at radius 1 is 1.38 bits per heavy atom. The Morgan fingerprint density at radius 3 is 2.69 bits per heavy atom. The first kappa shape index (κ1) is 19.9. The van der Waals surface area contributed by atoms with Gasteiger partial charge in [0.05, 0.1) is 35.4 Å². The van der Waals surface area contributed by atoms with Crippen molar-refractivity contribution >= 4 is 35.2 Å². The van der Waals surface area contributed by atoms with Gasteiger partial charge in [-0.15, -0.1) is 0 Å². The molecule has 144 valence electrons. The highest BCUT2D eigenvalue weighted by atomic mass is 79.9. The van der Waals surface area contributed by atoms with E-state index in [-0.39, 0.29) is 17.2 Å². The van der Waals surface area contributed by atoms with Crippen molar-refractivity contribution in [1.82, 2.24) is 9.78 Å². The largest absolute Gasteiger partial charge is 0.490 e. The maximum atomic E-state index is 6.50. The SMILES string of the molecule is CC(Cn1ncc2ccc(OCC3CO3)c(Br)c21)O[Si](C)(C)C(C)(C)C. The molecule has 0 saturated carbocycles. The van der Waals surface area contributed by atoms with E-state index in [4.69, 9.17) is 13.9 Å². The fourth-order valence-electron chi connectivity index (χ4n) is 2.67. The molecule has 1 aliphatic heterocycles. The molecule has 0 amide bonds. The zero-order chi connectivity index (χ0) is 19.1. The van der Waals surface area contributed by atoms with Gasteiger partial charge in [0.15, 0.2) is 8.32 Å². The van der Waals surface area contributed by atoms with Crippen LogP contribution in [0.1, 0.15) is 27.7 Å². The van der Waals surface area contributed by atoms with E-state index in [1.165, 1.54) is 0 Å². The summed E-state index contributed by atoms with van der Waals surface area (Å²) in [5, 5.41) is 5.86. The van der Waals surface area contributed by atoms with E-state index in [2.05, 4.69) is 61.8 Å². The number of hydrogen-bond donors (Lipinski definition) is 0. The van der Waals surface area contributed by atoms with Crippen LogP contribution in [0.15, 0.2) is 22.8 Å². The number of aromatic nitrogens is 2. The molecule has 26 heavy (non-hydrogen) atoms. The van der Waals surface area contributed by atoms with Crippen molar-refractivity contribution in [2.45, 2.75) is 64.6 Å². The van der Waals surface area contributed by atoms with Crippen molar-refractivity contribution in [3.63, 3.8) is 0 Å². The predicted octanol–water partition coefficient (Wildman–Crippen LogP) is 4.99. The third kappa shape index (κ3) is 4.32. The minimum absolute atomic E-state index is 0.0929. The van der Waals surface area contributed by atoms with E-state index < -0.39 is 8.32 Å². The van der Waals surface area contributed by atoms with E-state index in [0.29, 0.717) is 13.2 Å². The third-order valence-electron chi connectivity index (χ3n) is 5.27. The summed E-state index contributed by atoms with van der Waals surface area (Å²) in [5.74, 6) is 0.827. The second-order valence-electron chi connectivity index (χ2n) is 8.60. The van der Waals surface area contributed by atoms with Gasteiger partial charge in [0.25, 0.3) is 0 Å². The maximum Gasteiger partial charge on any atom is 0.192 e. The summed E-state index contributed by atoms with van der Waals surface area (Å²) in [7, 11) is -1.80. The van der Waals surface area contributed by atoms with Gasteiger partial charge in [0.1, 0.15) is 18.5 Å². The summed E-state index contributed by atoms with van der Waals surface area (Å²) in [4.78, 5) is 0. The Balaban J connectivity index is 1.77. The highest BCUT2D eigenvalue weighted by Crippen LogP contribution is 2.38. The fourth-order valence-corrected chi connectivity index (χ4v) is 4.79. The number of hydrogen-bond acceptors (Lipinski definition) is 4. The smallest absolute Gasteiger partial charge is 0.192 e. The third-order valence-corrected chi connectivity index (χ3v) is 10.6. The average Bonchev–Trinajstić information content (AvgIpc) is 3.25. The molecule has 0 N–H and O–H groups in total. The molecule has 0 bridgehead atoms. The molecular formula is C19H29BrN2O3Si. The van der Waals surface area contributed by atoms with Crippen LogP contribution in [0.5, 0.6) is 5.75 Å². The van der Waals surface area contributed by atoms with Crippen LogP contribution in [0, 0.1) is 0 Å². The van der Waals surface area contributed by atoms with Crippen molar-refractivity contribution < 1.29 is 13.9 Å². The van der Waals surface area contributed by atoms with Gasteiger partial charge in [-0.05, 0) is 53.1 Å². The lowest BCUT2D eigenvalue weighted by Crippen LogP contribution is -2.44. The van der Waals surface area contributed by atoms with E-state index in [1.54, 1.807) is 0 Å². The molecule has 1 aromatic heterocycles. The number of halogens is 1. The molecular weight excluding hydrogens is 412 g/mol. The second-order valence-corrected chi connectivity index (χ2v) is 14.1. The molecule has 0 aliphatic carbocycles. The first-order valence-electron chi connectivity index (χ1n) is 9.15. The predicted molar refractivity (Wildman–Crippen MR) is 110 cm³/mol. The van der Waals surface area contributed by atoms with Gasteiger partial charge in [0, 0.05) is 5.39 Å². The van der Waals surface area contributed by atoms with Crippen LogP contribution in [-0.4, -0.2) is 43.5 Å². The standard InChI is InChI=1S/C19H29BrN2O3Si/c1-13(25-26(5,6)19(2,3)4)10-22-18-14(9-21-22)7-8-16(17(18)20)24-12-15-11-23-15/h7-9,13,15H,10-12H2,1-6H3. The molecule has 3 rings (SSSR count). The van der Waals surface area contributed by atoms with Crippen LogP contribution in [0.2, 0.25) is 18.1 Å². The number of nitrogens with zero attached hydrogens (tertiary/aromatic N) is 2. The summed E-state index contributed by atoms with van der Waals surface area (Å²) in [6, 6.07) is 4.03. The minimum atomic E-state index is -1.80. The van der Waals surface area contributed by atoms with Crippen molar-refractivity contribution in [1.29, 1.82) is 0 Å². The Bertz CT molecular complexity index is 781. The van der Waals surface area contributed by atoms with E-state index in [9.17, 15) is 0 Å². The topological polar surface area (TPSA) is 48.8 Å². The number of rotatable bonds is 7. The maximum absolute atomic E-state index is 6.50. The van der Waals surface area contributed by atoms with Gasteiger partial charge in [-0.1, -0.05) is 20.8 Å². The molecule has 0 radical (unpaired) electrons. The van der Waals surface area contributed by atoms with Crippen molar-refractivity contribution in [2.24, 2.45) is 0 Å². The first-order valence-corrected chi connectivity index (χ1v) is 12.8. The molecule has 1 saturated heterocycles. The number of epoxide rings is 1. The summed E-state index contributed by atoms with van der Waals surface area (Å²) in [6.07, 6.45) is 2.23. The lowest BCUT2D eigenvalue weighted by Gasteiger charge is -2.38. The Labute approximate surface area is 165 Å². The quantitative estimate of drug-likeness (QED) is 0.449. The Morgan fingerprint density at radius 2 is 2.08 bits per heavy atom. The van der Waals surface area contributed by atoms with Gasteiger partial charge < -0.3 is 13.9 Å². The summed E-state index contributed by atoms with van der Waals surface area (Å²) in [5.41, 5.74) is 1.05. The average molecular weight is 441 g/mol. The molecule has 1 aliphatic rings. The van der Waals surface area contributed by atoms with E-state index in [1.807, 2.05) is 23.0 Å². The summed E-state index contributed by atoms with van der Waals surface area (Å²) >= 11 is 3.71. The van der Waals surface area contributed by atoms with Crippen molar-refractivity contribution in [3.8, 4) is 5.75 Å². The zero-order valence-electron chi connectivity index (χ0n) is 16.5. The van der Waals surface area contributed by atoms with Crippen LogP contribution >= 0.6 is 15.9 Å². The molecule has 1 aromatic carbocycles. The summed E-state index contributed by atoms with van der Waals surface area (Å²) < 4.78 is 20.6. The Kier molecular flexibility index (Phi) is 5.54. The van der Waals surface area contributed by atoms with Gasteiger partial charge >= 0.3 is 0 Å². The highest BCUT2D eigenvalue weighted by molar-refractivity contribution is 9.10. The first-order chi connectivity index (χ1) is 12.1. The molecule has 0 spiro atoms. The van der Waals surface area contributed by atoms with Crippen molar-refractivity contribution in [3.05, 3.63) is 22.8 Å². The minimum Gasteiger partial charge on any atom is -0.490 e. The Hall–Kier alpha value is -0.893. The lowest BCUT2D eigenvalue weighted by molar-refractivity contribution is 0.176. The molecule has 2 heterocycles. The number of benzene rings is 1. The van der Waals surface area contributed by atoms with Gasteiger partial charge in [-0.2, -0.15) is 5.10 Å². The molecule has 7 heteroatoms. The number of ether oxygens (including phenoxy) is 2. The van der Waals surface area contributed by atoms with Gasteiger partial charge in [-0.3, -0.25) is 4.68 Å². The molecule has 1 fully saturated rings. The molecule has 2 unspecified atom stereocenters. The number of fused-ring (bicyclic) bond motifs is 1. The second kappa shape index (κ2) is 7.26. The molecule has 2 aromatic rings. The normalized spacial score (nSPS) is 19.0. The van der Waals surface area contributed by atoms with Crippen LogP contribution in [0.4, 0.5) is 0 Å². The van der Waals surface area contributed by atoms with E-state index >= 15 is 0 Å². The fraction of sp³-hybridized carbons (Fsp3) is 0.632. The highest BCUT2D eigenvalue weighted by Gasteiger charge is 2.38. The monoisotopic (exact) mass is 440 g/mol. The van der Waals surface area contributed by atoms with Crippen LogP contribution in [0.25, 0.3) is 10.9 Å². The van der Waals surface area contributed by atoms with Crippen LogP contribution in [0.3, 0.4) is 0 Å². The van der Waals surface area contributed by atoms with E-state index in [0.717, 1.165) is 27.7 Å². The van der Waals surface area contributed by atoms with Gasteiger partial charge in [-0.25, -0.2) is 0 Å². The summed E-state index contributed by atoms with van der Waals surface area (Å²) in [6.45, 7) is 15.6. The van der Waals surface area contributed by atoms with Gasteiger partial charge in [0.2, 0.25) is 0 Å². The van der Waals surface area contributed by atoms with Crippen LogP contribution in [-0.2, 0) is 15.7 Å². The zero-order valence-corrected chi connectivity index (χ0v) is 19.1. The lowest BCUT2D eigenvalue weighted by atomic mass is 10.2. The molecule has 5 nitrogen and oxygen atoms in total. The van der Waals surface area contributed by atoms with Crippen LogP contribution < -0.4 is 4.74 Å². The molecule has 2 atom stereocenters. The van der Waals surface area contributed by atoms with Crippen molar-refractivity contribution in [2.75, 3.05) is 13.2 Å².